The van der Waals surface area contributed by atoms with Crippen LogP contribution in [0.2, 0.25) is 0 Å². The Morgan fingerprint density at radius 1 is 1.38 bits per heavy atom. The van der Waals surface area contributed by atoms with Crippen molar-refractivity contribution in [1.82, 2.24) is 20.4 Å². The highest BCUT2D eigenvalue weighted by molar-refractivity contribution is 9.10. The summed E-state index contributed by atoms with van der Waals surface area (Å²) in [6.45, 7) is 3.44. The summed E-state index contributed by atoms with van der Waals surface area (Å²) in [6.07, 6.45) is 2.52. The van der Waals surface area contributed by atoms with Gasteiger partial charge in [-0.05, 0) is 45.1 Å². The monoisotopic (exact) mass is 350 g/mol. The first-order valence-electron chi connectivity index (χ1n) is 6.87. The van der Waals surface area contributed by atoms with Crippen LogP contribution in [0.1, 0.15) is 22.5 Å². The van der Waals surface area contributed by atoms with E-state index in [0.717, 1.165) is 28.8 Å². The number of nitrogens with one attached hydrogen (secondary N) is 2. The first kappa shape index (κ1) is 15.7. The number of benzene rings is 1. The van der Waals surface area contributed by atoms with Crippen LogP contribution in [0.25, 0.3) is 5.69 Å². The summed E-state index contributed by atoms with van der Waals surface area (Å²) in [6, 6.07) is 7.82. The van der Waals surface area contributed by atoms with Gasteiger partial charge in [0.05, 0.1) is 23.1 Å². The van der Waals surface area contributed by atoms with E-state index in [0.29, 0.717) is 12.1 Å². The third kappa shape index (κ3) is 3.92. The Kier molecular flexibility index (Phi) is 5.52. The quantitative estimate of drug-likeness (QED) is 0.785. The van der Waals surface area contributed by atoms with Crippen molar-refractivity contribution in [3.05, 3.63) is 46.2 Å². The van der Waals surface area contributed by atoms with Gasteiger partial charge in [-0.15, -0.1) is 0 Å². The van der Waals surface area contributed by atoms with Crippen LogP contribution in [0.3, 0.4) is 0 Å². The smallest absolute Gasteiger partial charge is 0.254 e. The number of rotatable bonds is 6. The van der Waals surface area contributed by atoms with Crippen LogP contribution in [0.4, 0.5) is 0 Å². The number of hydrogen-bond donors (Lipinski definition) is 2. The highest BCUT2D eigenvalue weighted by atomic mass is 79.9. The van der Waals surface area contributed by atoms with Crippen molar-refractivity contribution in [2.45, 2.75) is 13.3 Å². The van der Waals surface area contributed by atoms with Crippen LogP contribution in [0.15, 0.2) is 34.9 Å². The maximum absolute atomic E-state index is 12.1. The number of aromatic nitrogens is 2. The summed E-state index contributed by atoms with van der Waals surface area (Å²) >= 11 is 3.44. The fourth-order valence-corrected chi connectivity index (χ4v) is 2.45. The third-order valence-electron chi connectivity index (χ3n) is 3.20. The molecule has 0 fully saturated rings. The van der Waals surface area contributed by atoms with Gasteiger partial charge in [-0.2, -0.15) is 5.10 Å². The molecule has 0 atom stereocenters. The predicted octanol–water partition coefficient (Wildman–Crippen LogP) is 2.28. The lowest BCUT2D eigenvalue weighted by atomic mass is 10.2. The molecule has 21 heavy (non-hydrogen) atoms. The molecule has 2 aromatic rings. The standard InChI is InChI=1S/C15H19BrN4O/c1-11-14(15(21)18-8-4-7-17-2)10-19-20(11)13-6-3-5-12(16)9-13/h3,5-6,9-10,17H,4,7-8H2,1-2H3,(H,18,21). The van der Waals surface area contributed by atoms with E-state index in [1.54, 1.807) is 10.9 Å². The summed E-state index contributed by atoms with van der Waals surface area (Å²) in [7, 11) is 1.90. The molecule has 0 aliphatic carbocycles. The van der Waals surface area contributed by atoms with E-state index in [9.17, 15) is 4.79 Å². The lowest BCUT2D eigenvalue weighted by Gasteiger charge is -2.07. The van der Waals surface area contributed by atoms with Crippen LogP contribution in [0.5, 0.6) is 0 Å². The van der Waals surface area contributed by atoms with Gasteiger partial charge in [-0.3, -0.25) is 4.79 Å². The van der Waals surface area contributed by atoms with Gasteiger partial charge >= 0.3 is 0 Å². The third-order valence-corrected chi connectivity index (χ3v) is 3.69. The Bertz CT molecular complexity index is 624. The van der Waals surface area contributed by atoms with Crippen LogP contribution >= 0.6 is 15.9 Å². The molecule has 5 nitrogen and oxygen atoms in total. The summed E-state index contributed by atoms with van der Waals surface area (Å²) in [4.78, 5) is 12.1. The minimum Gasteiger partial charge on any atom is -0.352 e. The lowest BCUT2D eigenvalue weighted by Crippen LogP contribution is -2.26. The van der Waals surface area contributed by atoms with Gasteiger partial charge in [-0.25, -0.2) is 4.68 Å². The first-order chi connectivity index (χ1) is 10.1. The van der Waals surface area contributed by atoms with Gasteiger partial charge in [0, 0.05) is 11.0 Å². The molecule has 0 aliphatic heterocycles. The van der Waals surface area contributed by atoms with Crippen molar-refractivity contribution in [3.63, 3.8) is 0 Å². The summed E-state index contributed by atoms with van der Waals surface area (Å²) in [5.74, 6) is -0.0788. The molecule has 1 aromatic heterocycles. The molecule has 2 rings (SSSR count). The van der Waals surface area contributed by atoms with E-state index in [2.05, 4.69) is 31.7 Å². The number of nitrogens with zero attached hydrogens (tertiary/aromatic N) is 2. The van der Waals surface area contributed by atoms with Gasteiger partial charge in [0.15, 0.2) is 0 Å². The summed E-state index contributed by atoms with van der Waals surface area (Å²) in [5, 5.41) is 10.3. The van der Waals surface area contributed by atoms with Gasteiger partial charge in [0.1, 0.15) is 0 Å². The van der Waals surface area contributed by atoms with Crippen LogP contribution < -0.4 is 10.6 Å². The number of amides is 1. The fourth-order valence-electron chi connectivity index (χ4n) is 2.06. The molecule has 112 valence electrons. The molecule has 2 N–H and O–H groups in total. The van der Waals surface area contributed by atoms with E-state index in [4.69, 9.17) is 0 Å². The second kappa shape index (κ2) is 7.38. The minimum absolute atomic E-state index is 0.0788. The van der Waals surface area contributed by atoms with Crippen LogP contribution in [0, 0.1) is 6.92 Å². The van der Waals surface area contributed by atoms with E-state index in [1.165, 1.54) is 0 Å². The SMILES string of the molecule is CNCCCNC(=O)c1cnn(-c2cccc(Br)c2)c1C. The topological polar surface area (TPSA) is 58.9 Å². The summed E-state index contributed by atoms with van der Waals surface area (Å²) in [5.41, 5.74) is 2.37. The van der Waals surface area contributed by atoms with Gasteiger partial charge in [0.25, 0.3) is 5.91 Å². The number of carbonyl (C=O) groups excluding carboxylic acids is 1. The van der Waals surface area contributed by atoms with Crippen molar-refractivity contribution in [2.75, 3.05) is 20.1 Å². The normalized spacial score (nSPS) is 10.6. The largest absolute Gasteiger partial charge is 0.352 e. The number of halogens is 1. The Morgan fingerprint density at radius 3 is 2.90 bits per heavy atom. The molecule has 0 saturated carbocycles. The Hall–Kier alpha value is -1.66. The second-order valence-electron chi connectivity index (χ2n) is 4.75. The Morgan fingerprint density at radius 2 is 2.19 bits per heavy atom. The van der Waals surface area contributed by atoms with E-state index >= 15 is 0 Å². The molecule has 1 amide bonds. The average molecular weight is 351 g/mol. The molecule has 0 unspecified atom stereocenters. The maximum Gasteiger partial charge on any atom is 0.254 e. The zero-order valence-electron chi connectivity index (χ0n) is 12.2. The van der Waals surface area contributed by atoms with Crippen molar-refractivity contribution in [1.29, 1.82) is 0 Å². The van der Waals surface area contributed by atoms with E-state index < -0.39 is 0 Å². The molecule has 0 aliphatic rings. The highest BCUT2D eigenvalue weighted by Gasteiger charge is 2.14. The molecule has 1 heterocycles. The summed E-state index contributed by atoms with van der Waals surface area (Å²) < 4.78 is 2.75. The van der Waals surface area contributed by atoms with Crippen molar-refractivity contribution in [3.8, 4) is 5.69 Å². The van der Waals surface area contributed by atoms with Gasteiger partial charge in [-0.1, -0.05) is 22.0 Å². The molecule has 1 aromatic carbocycles. The van der Waals surface area contributed by atoms with Crippen LogP contribution in [-0.2, 0) is 0 Å². The minimum atomic E-state index is -0.0788. The fraction of sp³-hybridized carbons (Fsp3) is 0.333. The Balaban J connectivity index is 2.11. The lowest BCUT2D eigenvalue weighted by molar-refractivity contribution is 0.0952. The average Bonchev–Trinajstić information content (AvgIpc) is 2.85. The molecular weight excluding hydrogens is 332 g/mol. The maximum atomic E-state index is 12.1. The van der Waals surface area contributed by atoms with Crippen molar-refractivity contribution in [2.24, 2.45) is 0 Å². The zero-order chi connectivity index (χ0) is 15.2. The van der Waals surface area contributed by atoms with Crippen LogP contribution in [-0.4, -0.2) is 35.8 Å². The van der Waals surface area contributed by atoms with Gasteiger partial charge in [0.2, 0.25) is 0 Å². The second-order valence-corrected chi connectivity index (χ2v) is 5.66. The van der Waals surface area contributed by atoms with Crippen molar-refractivity contribution >= 4 is 21.8 Å². The highest BCUT2D eigenvalue weighted by Crippen LogP contribution is 2.18. The molecule has 0 spiro atoms. The van der Waals surface area contributed by atoms with E-state index in [1.807, 2.05) is 38.2 Å². The predicted molar refractivity (Wildman–Crippen MR) is 86.9 cm³/mol. The molecule has 6 heteroatoms. The number of hydrogen-bond acceptors (Lipinski definition) is 3. The van der Waals surface area contributed by atoms with E-state index in [-0.39, 0.29) is 5.91 Å². The van der Waals surface area contributed by atoms with Gasteiger partial charge < -0.3 is 10.6 Å². The molecule has 0 saturated heterocycles. The zero-order valence-corrected chi connectivity index (χ0v) is 13.8. The first-order valence-corrected chi connectivity index (χ1v) is 7.66. The molecular formula is C15H19BrN4O. The Labute approximate surface area is 132 Å². The molecule has 0 bridgehead atoms. The number of carbonyl (C=O) groups is 1. The molecule has 0 radical (unpaired) electrons. The van der Waals surface area contributed by atoms with Crippen molar-refractivity contribution < 1.29 is 4.79 Å².